The number of hydrogen-bond donors (Lipinski definition) is 1. The molecular weight excluding hydrogens is 362 g/mol. The maximum Gasteiger partial charge on any atom is 0.407 e. The Morgan fingerprint density at radius 1 is 1.14 bits per heavy atom. The van der Waals surface area contributed by atoms with Gasteiger partial charge in [0.25, 0.3) is 0 Å². The van der Waals surface area contributed by atoms with E-state index in [-0.39, 0.29) is 12.2 Å². The predicted octanol–water partition coefficient (Wildman–Crippen LogP) is 6.03. The van der Waals surface area contributed by atoms with Crippen molar-refractivity contribution in [1.29, 1.82) is 0 Å². The molecule has 3 rings (SSSR count). The zero-order valence-corrected chi connectivity index (χ0v) is 17.6. The number of allylic oxidation sites excluding steroid dienone is 1. The highest BCUT2D eigenvalue weighted by Crippen LogP contribution is 2.39. The molecule has 1 N–H and O–H groups in total. The topological polar surface area (TPSA) is 63.1 Å². The number of ether oxygens (including phenoxy) is 1. The number of alkyl carbamates (subject to hydrolysis) is 1. The molecule has 1 aliphatic rings. The minimum absolute atomic E-state index is 0.374. The lowest BCUT2D eigenvalue weighted by molar-refractivity contribution is 0.0969. The number of nitrogens with zero attached hydrogens (tertiary/aromatic N) is 2. The fraction of sp³-hybridized carbons (Fsp3) is 0.375. The second-order valence-electron chi connectivity index (χ2n) is 7.73. The van der Waals surface area contributed by atoms with Crippen molar-refractivity contribution in [3.63, 3.8) is 0 Å². The SMILES string of the molecule is CN=N/C1=C(\C)c2ccccc2C(OC(=O)NCCC(C)C)Cc2ccccc21. The molecule has 0 saturated heterocycles. The first-order valence-electron chi connectivity index (χ1n) is 10.1. The molecule has 5 nitrogen and oxygen atoms in total. The van der Waals surface area contributed by atoms with Crippen molar-refractivity contribution in [3.8, 4) is 0 Å². The number of rotatable bonds is 5. The first-order chi connectivity index (χ1) is 14.0. The fourth-order valence-corrected chi connectivity index (χ4v) is 3.66. The monoisotopic (exact) mass is 391 g/mol. The molecule has 152 valence electrons. The zero-order valence-electron chi connectivity index (χ0n) is 17.6. The Balaban J connectivity index is 2.01. The van der Waals surface area contributed by atoms with Gasteiger partial charge in [0, 0.05) is 31.1 Å². The van der Waals surface area contributed by atoms with E-state index in [0.717, 1.165) is 39.9 Å². The Morgan fingerprint density at radius 3 is 2.55 bits per heavy atom. The summed E-state index contributed by atoms with van der Waals surface area (Å²) in [6, 6.07) is 16.2. The van der Waals surface area contributed by atoms with E-state index in [0.29, 0.717) is 18.9 Å². The molecule has 0 radical (unpaired) electrons. The number of carbonyl (C=O) groups is 1. The van der Waals surface area contributed by atoms with E-state index in [2.05, 4.69) is 47.6 Å². The summed E-state index contributed by atoms with van der Waals surface area (Å²) in [6.07, 6.45) is 0.757. The second-order valence-corrected chi connectivity index (χ2v) is 7.73. The van der Waals surface area contributed by atoms with Gasteiger partial charge in [-0.15, -0.1) is 0 Å². The van der Waals surface area contributed by atoms with Gasteiger partial charge in [-0.25, -0.2) is 4.79 Å². The molecule has 1 atom stereocenters. The number of azo groups is 1. The molecule has 1 amide bonds. The molecule has 1 unspecified atom stereocenters. The Kier molecular flexibility index (Phi) is 6.81. The first-order valence-corrected chi connectivity index (χ1v) is 10.1. The van der Waals surface area contributed by atoms with Gasteiger partial charge in [0.1, 0.15) is 6.10 Å². The van der Waals surface area contributed by atoms with Gasteiger partial charge in [-0.3, -0.25) is 0 Å². The summed E-state index contributed by atoms with van der Waals surface area (Å²) < 4.78 is 5.91. The minimum atomic E-state index is -0.376. The third-order valence-electron chi connectivity index (χ3n) is 5.18. The highest BCUT2D eigenvalue weighted by molar-refractivity contribution is 5.91. The van der Waals surface area contributed by atoms with Crippen LogP contribution in [0, 0.1) is 5.92 Å². The van der Waals surface area contributed by atoms with E-state index in [9.17, 15) is 4.79 Å². The van der Waals surface area contributed by atoms with Crippen LogP contribution in [0.2, 0.25) is 0 Å². The molecule has 29 heavy (non-hydrogen) atoms. The summed E-state index contributed by atoms with van der Waals surface area (Å²) in [4.78, 5) is 12.5. The van der Waals surface area contributed by atoms with Crippen LogP contribution in [0.1, 0.15) is 55.5 Å². The van der Waals surface area contributed by atoms with E-state index in [1.54, 1.807) is 7.05 Å². The van der Waals surface area contributed by atoms with Crippen LogP contribution in [0.3, 0.4) is 0 Å². The highest BCUT2D eigenvalue weighted by atomic mass is 16.6. The van der Waals surface area contributed by atoms with Crippen molar-refractivity contribution in [1.82, 2.24) is 5.32 Å². The normalized spacial score (nSPS) is 18.7. The van der Waals surface area contributed by atoms with Crippen molar-refractivity contribution in [2.24, 2.45) is 16.1 Å². The number of nitrogens with one attached hydrogen (secondary N) is 1. The van der Waals surface area contributed by atoms with Crippen molar-refractivity contribution in [2.75, 3.05) is 13.6 Å². The molecule has 1 aliphatic carbocycles. The summed E-state index contributed by atoms with van der Waals surface area (Å²) in [5, 5.41) is 11.4. The molecule has 0 saturated carbocycles. The lowest BCUT2D eigenvalue weighted by Gasteiger charge is -2.26. The predicted molar refractivity (Wildman–Crippen MR) is 117 cm³/mol. The van der Waals surface area contributed by atoms with Gasteiger partial charge in [-0.05, 0) is 36.0 Å². The summed E-state index contributed by atoms with van der Waals surface area (Å²) >= 11 is 0. The van der Waals surface area contributed by atoms with Crippen LogP contribution in [-0.2, 0) is 11.2 Å². The molecule has 2 aromatic carbocycles. The smallest absolute Gasteiger partial charge is 0.407 e. The number of amides is 1. The Bertz CT molecular complexity index is 931. The Morgan fingerprint density at radius 2 is 1.83 bits per heavy atom. The summed E-state index contributed by atoms with van der Waals surface area (Å²) in [5.41, 5.74) is 6.01. The average molecular weight is 392 g/mol. The van der Waals surface area contributed by atoms with Gasteiger partial charge in [0.15, 0.2) is 0 Å². The van der Waals surface area contributed by atoms with Gasteiger partial charge < -0.3 is 10.1 Å². The van der Waals surface area contributed by atoms with Gasteiger partial charge >= 0.3 is 6.09 Å². The minimum Gasteiger partial charge on any atom is -0.441 e. The largest absolute Gasteiger partial charge is 0.441 e. The Hall–Kier alpha value is -2.95. The van der Waals surface area contributed by atoms with Gasteiger partial charge in [-0.1, -0.05) is 62.4 Å². The van der Waals surface area contributed by atoms with E-state index < -0.39 is 0 Å². The zero-order chi connectivity index (χ0) is 20.8. The maximum atomic E-state index is 12.5. The quantitative estimate of drug-likeness (QED) is 0.633. The average Bonchev–Trinajstić information content (AvgIpc) is 2.70. The molecule has 0 heterocycles. The van der Waals surface area contributed by atoms with E-state index >= 15 is 0 Å². The van der Waals surface area contributed by atoms with Gasteiger partial charge in [0.05, 0.1) is 5.70 Å². The maximum absolute atomic E-state index is 12.5. The third-order valence-corrected chi connectivity index (χ3v) is 5.18. The van der Waals surface area contributed by atoms with Crippen LogP contribution in [0.5, 0.6) is 0 Å². The summed E-state index contributed by atoms with van der Waals surface area (Å²) in [7, 11) is 1.68. The molecule has 5 heteroatoms. The van der Waals surface area contributed by atoms with Crippen LogP contribution in [0.4, 0.5) is 4.79 Å². The summed E-state index contributed by atoms with van der Waals surface area (Å²) in [5.74, 6) is 0.531. The molecule has 0 aliphatic heterocycles. The lowest BCUT2D eigenvalue weighted by Crippen LogP contribution is -2.28. The van der Waals surface area contributed by atoms with Crippen LogP contribution in [0.25, 0.3) is 11.3 Å². The number of benzene rings is 2. The first kappa shape index (κ1) is 20.8. The molecule has 0 bridgehead atoms. The molecule has 0 spiro atoms. The molecular formula is C24H29N3O2. The fourth-order valence-electron chi connectivity index (χ4n) is 3.66. The van der Waals surface area contributed by atoms with Gasteiger partial charge in [-0.2, -0.15) is 10.2 Å². The highest BCUT2D eigenvalue weighted by Gasteiger charge is 2.26. The number of carbonyl (C=O) groups excluding carboxylic acids is 1. The van der Waals surface area contributed by atoms with Crippen LogP contribution in [-0.4, -0.2) is 19.7 Å². The standard InChI is InChI=1S/C24H29N3O2/c1-16(2)13-14-26-24(28)29-22-15-18-9-5-6-11-20(18)23(27-25-4)17(3)19-10-7-8-12-21(19)22/h5-12,16,22H,13-15H2,1-4H3,(H,26,28)/b23-17+,27-25?. The molecule has 0 aromatic heterocycles. The van der Waals surface area contributed by atoms with Gasteiger partial charge in [0.2, 0.25) is 0 Å². The summed E-state index contributed by atoms with van der Waals surface area (Å²) in [6.45, 7) is 6.93. The van der Waals surface area contributed by atoms with Crippen molar-refractivity contribution >= 4 is 17.4 Å². The molecule has 0 fully saturated rings. The van der Waals surface area contributed by atoms with Crippen molar-refractivity contribution < 1.29 is 9.53 Å². The van der Waals surface area contributed by atoms with Crippen LogP contribution < -0.4 is 5.32 Å². The van der Waals surface area contributed by atoms with Crippen LogP contribution >= 0.6 is 0 Å². The lowest BCUT2D eigenvalue weighted by atomic mass is 9.86. The second kappa shape index (κ2) is 9.50. The number of hydrogen-bond acceptors (Lipinski definition) is 4. The van der Waals surface area contributed by atoms with E-state index in [1.807, 2.05) is 37.3 Å². The van der Waals surface area contributed by atoms with Crippen molar-refractivity contribution in [3.05, 3.63) is 70.8 Å². The van der Waals surface area contributed by atoms with E-state index in [4.69, 9.17) is 4.74 Å². The van der Waals surface area contributed by atoms with Crippen molar-refractivity contribution in [2.45, 2.75) is 39.7 Å². The molecule has 2 aromatic rings. The number of fused-ring (bicyclic) bond motifs is 2. The third kappa shape index (κ3) is 4.91. The van der Waals surface area contributed by atoms with E-state index in [1.165, 1.54) is 0 Å². The van der Waals surface area contributed by atoms with Crippen LogP contribution in [0.15, 0.2) is 58.8 Å². The Labute approximate surface area is 172 Å².